The Labute approximate surface area is 193 Å². The maximum absolute atomic E-state index is 12.6. The van der Waals surface area contributed by atoms with E-state index in [0.29, 0.717) is 40.2 Å². The predicted octanol–water partition coefficient (Wildman–Crippen LogP) is 3.84. The standard InChI is InChI=1S/C24H21N3O5S/c1-30-19-8-6-14(11-20(19)31-2)22-25-16(13-33-22)12-32-24(29)15-5-7-17-18(10-15)26-21-4-3-9-27(21)23(17)28/h5-8,10-11,13H,3-4,9,12H2,1-2H3. The maximum atomic E-state index is 12.6. The number of rotatable bonds is 6. The second-order valence-electron chi connectivity index (χ2n) is 7.61. The number of carbonyl (C=O) groups is 1. The minimum Gasteiger partial charge on any atom is -0.493 e. The molecule has 2 aromatic carbocycles. The Morgan fingerprint density at radius 2 is 1.94 bits per heavy atom. The summed E-state index contributed by atoms with van der Waals surface area (Å²) in [7, 11) is 3.17. The molecule has 0 saturated carbocycles. The van der Waals surface area contributed by atoms with Crippen LogP contribution < -0.4 is 15.0 Å². The van der Waals surface area contributed by atoms with E-state index >= 15 is 0 Å². The van der Waals surface area contributed by atoms with Gasteiger partial charge in [0.25, 0.3) is 5.56 Å². The number of methoxy groups -OCH3 is 2. The number of nitrogens with zero attached hydrogens (tertiary/aromatic N) is 3. The third kappa shape index (κ3) is 3.95. The number of ether oxygens (including phenoxy) is 3. The number of carbonyl (C=O) groups excluding carboxylic acids is 1. The first-order valence-electron chi connectivity index (χ1n) is 10.4. The second-order valence-corrected chi connectivity index (χ2v) is 8.47. The van der Waals surface area contributed by atoms with Gasteiger partial charge in [-0.05, 0) is 42.8 Å². The predicted molar refractivity (Wildman–Crippen MR) is 124 cm³/mol. The van der Waals surface area contributed by atoms with E-state index in [4.69, 9.17) is 14.2 Å². The van der Waals surface area contributed by atoms with E-state index in [9.17, 15) is 9.59 Å². The van der Waals surface area contributed by atoms with Crippen molar-refractivity contribution in [2.45, 2.75) is 26.0 Å². The van der Waals surface area contributed by atoms with Crippen molar-refractivity contribution in [3.05, 3.63) is 69.2 Å². The monoisotopic (exact) mass is 463 g/mol. The number of esters is 1. The summed E-state index contributed by atoms with van der Waals surface area (Å²) in [6.07, 6.45) is 1.68. The summed E-state index contributed by atoms with van der Waals surface area (Å²) in [5.41, 5.74) is 2.35. The Bertz CT molecular complexity index is 1430. The lowest BCUT2D eigenvalue weighted by molar-refractivity contribution is 0.0468. The van der Waals surface area contributed by atoms with Gasteiger partial charge in [0.15, 0.2) is 11.5 Å². The topological polar surface area (TPSA) is 92.5 Å². The molecular weight excluding hydrogens is 442 g/mol. The van der Waals surface area contributed by atoms with Crippen molar-refractivity contribution >= 4 is 28.2 Å². The van der Waals surface area contributed by atoms with E-state index in [0.717, 1.165) is 29.2 Å². The number of benzene rings is 2. The van der Waals surface area contributed by atoms with Crippen LogP contribution in [-0.4, -0.2) is 34.7 Å². The molecule has 8 nitrogen and oxygen atoms in total. The van der Waals surface area contributed by atoms with Crippen molar-refractivity contribution in [3.8, 4) is 22.1 Å². The normalized spacial score (nSPS) is 12.5. The second kappa shape index (κ2) is 8.67. The lowest BCUT2D eigenvalue weighted by Gasteiger charge is -2.08. The summed E-state index contributed by atoms with van der Waals surface area (Å²) < 4.78 is 17.8. The number of aryl methyl sites for hydroxylation is 1. The minimum atomic E-state index is -0.486. The molecule has 0 fully saturated rings. The first-order valence-corrected chi connectivity index (χ1v) is 11.3. The first kappa shape index (κ1) is 21.1. The van der Waals surface area contributed by atoms with Crippen molar-refractivity contribution in [2.75, 3.05) is 14.2 Å². The molecule has 0 N–H and O–H groups in total. The van der Waals surface area contributed by atoms with Gasteiger partial charge in [0.1, 0.15) is 17.4 Å². The quantitative estimate of drug-likeness (QED) is 0.401. The third-order valence-electron chi connectivity index (χ3n) is 5.59. The smallest absolute Gasteiger partial charge is 0.338 e. The van der Waals surface area contributed by atoms with Crippen molar-refractivity contribution < 1.29 is 19.0 Å². The summed E-state index contributed by atoms with van der Waals surface area (Å²) in [6, 6.07) is 10.4. The van der Waals surface area contributed by atoms with Crippen molar-refractivity contribution in [2.24, 2.45) is 0 Å². The highest BCUT2D eigenvalue weighted by molar-refractivity contribution is 7.13. The molecule has 0 saturated heterocycles. The van der Waals surface area contributed by atoms with E-state index in [1.165, 1.54) is 11.3 Å². The van der Waals surface area contributed by atoms with Crippen LogP contribution in [0.1, 0.15) is 28.3 Å². The summed E-state index contributed by atoms with van der Waals surface area (Å²) in [4.78, 5) is 34.3. The summed E-state index contributed by atoms with van der Waals surface area (Å²) in [5.74, 6) is 1.54. The lowest BCUT2D eigenvalue weighted by atomic mass is 10.1. The molecule has 0 radical (unpaired) electrons. The van der Waals surface area contributed by atoms with Gasteiger partial charge >= 0.3 is 5.97 Å². The highest BCUT2D eigenvalue weighted by Crippen LogP contribution is 2.33. The fourth-order valence-electron chi connectivity index (χ4n) is 3.91. The van der Waals surface area contributed by atoms with E-state index < -0.39 is 5.97 Å². The zero-order valence-electron chi connectivity index (χ0n) is 18.2. The van der Waals surface area contributed by atoms with E-state index in [2.05, 4.69) is 9.97 Å². The molecular formula is C24H21N3O5S. The average molecular weight is 464 g/mol. The Morgan fingerprint density at radius 3 is 2.76 bits per heavy atom. The molecule has 1 aliphatic heterocycles. The van der Waals surface area contributed by atoms with E-state index in [-0.39, 0.29) is 12.2 Å². The molecule has 0 unspecified atom stereocenters. The maximum Gasteiger partial charge on any atom is 0.338 e. The first-order chi connectivity index (χ1) is 16.1. The van der Waals surface area contributed by atoms with Gasteiger partial charge in [-0.1, -0.05) is 0 Å². The fraction of sp³-hybridized carbons (Fsp3) is 0.250. The molecule has 3 heterocycles. The van der Waals surface area contributed by atoms with Crippen LogP contribution in [0.4, 0.5) is 0 Å². The molecule has 0 amide bonds. The van der Waals surface area contributed by atoms with Crippen LogP contribution in [-0.2, 0) is 24.3 Å². The van der Waals surface area contributed by atoms with E-state index in [1.54, 1.807) is 37.0 Å². The summed E-state index contributed by atoms with van der Waals surface area (Å²) >= 11 is 1.45. The largest absolute Gasteiger partial charge is 0.493 e. The Morgan fingerprint density at radius 1 is 1.09 bits per heavy atom. The average Bonchev–Trinajstić information content (AvgIpc) is 3.51. The van der Waals surface area contributed by atoms with Crippen molar-refractivity contribution in [1.29, 1.82) is 0 Å². The molecule has 168 valence electrons. The third-order valence-corrected chi connectivity index (χ3v) is 6.53. The Balaban J connectivity index is 1.31. The summed E-state index contributed by atoms with van der Waals surface area (Å²) in [5, 5.41) is 3.15. The highest BCUT2D eigenvalue weighted by atomic mass is 32.1. The van der Waals surface area contributed by atoms with Gasteiger partial charge in [-0.3, -0.25) is 9.36 Å². The molecule has 33 heavy (non-hydrogen) atoms. The molecule has 5 rings (SSSR count). The molecule has 1 aliphatic rings. The SMILES string of the molecule is COc1ccc(-c2nc(COC(=O)c3ccc4c(=O)n5c(nc4c3)CCC5)cs2)cc1OC. The summed E-state index contributed by atoms with van der Waals surface area (Å²) in [6.45, 7) is 0.737. The number of hydrogen-bond acceptors (Lipinski definition) is 8. The van der Waals surface area contributed by atoms with Crippen LogP contribution in [0.5, 0.6) is 11.5 Å². The molecule has 0 atom stereocenters. The van der Waals surface area contributed by atoms with Crippen LogP contribution in [0.2, 0.25) is 0 Å². The van der Waals surface area contributed by atoms with Crippen LogP contribution in [0.15, 0.2) is 46.6 Å². The molecule has 0 spiro atoms. The van der Waals surface area contributed by atoms with Crippen LogP contribution >= 0.6 is 11.3 Å². The zero-order chi connectivity index (χ0) is 22.9. The van der Waals surface area contributed by atoms with Gasteiger partial charge in [-0.15, -0.1) is 11.3 Å². The van der Waals surface area contributed by atoms with Crippen LogP contribution in [0.25, 0.3) is 21.5 Å². The van der Waals surface area contributed by atoms with Crippen molar-refractivity contribution in [1.82, 2.24) is 14.5 Å². The van der Waals surface area contributed by atoms with Gasteiger partial charge < -0.3 is 14.2 Å². The molecule has 4 aromatic rings. The van der Waals surface area contributed by atoms with Crippen LogP contribution in [0.3, 0.4) is 0 Å². The molecule has 2 aromatic heterocycles. The number of hydrogen-bond donors (Lipinski definition) is 0. The number of thiazole rings is 1. The van der Waals surface area contributed by atoms with Gasteiger partial charge in [-0.25, -0.2) is 14.8 Å². The Hall–Kier alpha value is -3.72. The number of aromatic nitrogens is 3. The van der Waals surface area contributed by atoms with Gasteiger partial charge in [-0.2, -0.15) is 0 Å². The fourth-order valence-corrected chi connectivity index (χ4v) is 4.71. The highest BCUT2D eigenvalue weighted by Gasteiger charge is 2.18. The molecule has 9 heteroatoms. The van der Waals surface area contributed by atoms with Crippen molar-refractivity contribution in [3.63, 3.8) is 0 Å². The van der Waals surface area contributed by atoms with E-state index in [1.807, 2.05) is 23.6 Å². The molecule has 0 bridgehead atoms. The minimum absolute atomic E-state index is 0.0426. The lowest BCUT2D eigenvalue weighted by Crippen LogP contribution is -2.21. The van der Waals surface area contributed by atoms with Gasteiger partial charge in [0.2, 0.25) is 0 Å². The van der Waals surface area contributed by atoms with Gasteiger partial charge in [0, 0.05) is 23.9 Å². The number of fused-ring (bicyclic) bond motifs is 2. The molecule has 0 aliphatic carbocycles. The zero-order valence-corrected chi connectivity index (χ0v) is 19.0. The van der Waals surface area contributed by atoms with Crippen LogP contribution in [0, 0.1) is 0 Å². The Kier molecular flexibility index (Phi) is 5.55. The van der Waals surface area contributed by atoms with Gasteiger partial charge in [0.05, 0.1) is 36.4 Å².